The summed E-state index contributed by atoms with van der Waals surface area (Å²) in [4.78, 5) is 12.4. The van der Waals surface area contributed by atoms with Gasteiger partial charge in [-0.25, -0.2) is 8.42 Å². The molecule has 7 heteroatoms. The number of hydrogen-bond donors (Lipinski definition) is 3. The monoisotopic (exact) mass is 361 g/mol. The Morgan fingerprint density at radius 1 is 1.04 bits per heavy atom. The molecule has 0 heterocycles. The van der Waals surface area contributed by atoms with Crippen molar-refractivity contribution in [2.75, 3.05) is 21.6 Å². The van der Waals surface area contributed by atoms with Crippen LogP contribution in [0.15, 0.2) is 42.5 Å². The van der Waals surface area contributed by atoms with Crippen LogP contribution in [0.4, 0.5) is 17.1 Å². The first-order valence-corrected chi connectivity index (χ1v) is 9.76. The molecule has 0 aliphatic carbocycles. The molecule has 2 rings (SSSR count). The highest BCUT2D eigenvalue weighted by atomic mass is 32.2. The number of aryl methyl sites for hydroxylation is 2. The maximum atomic E-state index is 12.4. The highest BCUT2D eigenvalue weighted by Crippen LogP contribution is 2.19. The average molecular weight is 361 g/mol. The number of carbonyl (C=O) groups excluding carboxylic acids is 1. The fourth-order valence-corrected chi connectivity index (χ4v) is 2.87. The van der Waals surface area contributed by atoms with Crippen molar-refractivity contribution in [3.8, 4) is 0 Å². The summed E-state index contributed by atoms with van der Waals surface area (Å²) in [6, 6.07) is 12.2. The standard InChI is InChI=1S/C18H23N3O3S/c1-12-8-9-13(2)17(10-12)20-18(22)14(3)19-15-6-5-7-16(11-15)21-25(4,23)24/h5-11,14,19,21H,1-4H3,(H,20,22)/t14-/m1/s1. The van der Waals surface area contributed by atoms with E-state index < -0.39 is 16.1 Å². The van der Waals surface area contributed by atoms with Gasteiger partial charge in [0.1, 0.15) is 6.04 Å². The lowest BCUT2D eigenvalue weighted by Gasteiger charge is -2.17. The van der Waals surface area contributed by atoms with E-state index in [-0.39, 0.29) is 5.91 Å². The molecule has 0 bridgehead atoms. The molecule has 3 N–H and O–H groups in total. The number of nitrogens with one attached hydrogen (secondary N) is 3. The molecule has 6 nitrogen and oxygen atoms in total. The van der Waals surface area contributed by atoms with Gasteiger partial charge < -0.3 is 10.6 Å². The van der Waals surface area contributed by atoms with Crippen molar-refractivity contribution >= 4 is 33.0 Å². The van der Waals surface area contributed by atoms with Crippen LogP contribution in [-0.4, -0.2) is 26.6 Å². The largest absolute Gasteiger partial charge is 0.374 e. The van der Waals surface area contributed by atoms with Gasteiger partial charge in [0.25, 0.3) is 0 Å². The Hall–Kier alpha value is -2.54. The Morgan fingerprint density at radius 3 is 2.40 bits per heavy atom. The number of anilines is 3. The Kier molecular flexibility index (Phi) is 5.69. The summed E-state index contributed by atoms with van der Waals surface area (Å²) in [5.74, 6) is -0.171. The van der Waals surface area contributed by atoms with Crippen LogP contribution in [-0.2, 0) is 14.8 Å². The molecule has 0 aromatic heterocycles. The molecule has 0 spiro atoms. The van der Waals surface area contributed by atoms with E-state index in [1.165, 1.54) is 0 Å². The van der Waals surface area contributed by atoms with Crippen molar-refractivity contribution in [1.29, 1.82) is 0 Å². The zero-order chi connectivity index (χ0) is 18.6. The molecule has 0 unspecified atom stereocenters. The van der Waals surface area contributed by atoms with Gasteiger partial charge in [0.2, 0.25) is 15.9 Å². The molecule has 2 aromatic rings. The topological polar surface area (TPSA) is 87.3 Å². The van der Waals surface area contributed by atoms with Crippen molar-refractivity contribution in [3.63, 3.8) is 0 Å². The lowest BCUT2D eigenvalue weighted by Crippen LogP contribution is -2.32. The Labute approximate surface area is 148 Å². The molecule has 1 amide bonds. The second-order valence-electron chi connectivity index (χ2n) is 6.13. The Bertz CT molecular complexity index is 879. The predicted molar refractivity (Wildman–Crippen MR) is 103 cm³/mol. The number of benzene rings is 2. The van der Waals surface area contributed by atoms with Gasteiger partial charge in [0.15, 0.2) is 0 Å². The number of rotatable bonds is 6. The van der Waals surface area contributed by atoms with Crippen LogP contribution >= 0.6 is 0 Å². The fourth-order valence-electron chi connectivity index (χ4n) is 2.31. The molecule has 0 saturated heterocycles. The zero-order valence-corrected chi connectivity index (χ0v) is 15.6. The van der Waals surface area contributed by atoms with E-state index in [2.05, 4.69) is 15.4 Å². The van der Waals surface area contributed by atoms with Crippen LogP contribution in [0, 0.1) is 13.8 Å². The molecule has 0 fully saturated rings. The lowest BCUT2D eigenvalue weighted by atomic mass is 10.1. The summed E-state index contributed by atoms with van der Waals surface area (Å²) in [5, 5.41) is 5.99. The van der Waals surface area contributed by atoms with E-state index in [0.29, 0.717) is 11.4 Å². The van der Waals surface area contributed by atoms with E-state index in [1.807, 2.05) is 32.0 Å². The van der Waals surface area contributed by atoms with E-state index in [0.717, 1.165) is 23.1 Å². The minimum Gasteiger partial charge on any atom is -0.374 e. The van der Waals surface area contributed by atoms with E-state index >= 15 is 0 Å². The van der Waals surface area contributed by atoms with Crippen LogP contribution < -0.4 is 15.4 Å². The van der Waals surface area contributed by atoms with Crippen molar-refractivity contribution in [1.82, 2.24) is 0 Å². The molecule has 0 radical (unpaired) electrons. The smallest absolute Gasteiger partial charge is 0.246 e. The fraction of sp³-hybridized carbons (Fsp3) is 0.278. The average Bonchev–Trinajstić information content (AvgIpc) is 2.49. The predicted octanol–water partition coefficient (Wildman–Crippen LogP) is 3.11. The van der Waals surface area contributed by atoms with Gasteiger partial charge in [-0.15, -0.1) is 0 Å². The first-order chi connectivity index (χ1) is 11.6. The van der Waals surface area contributed by atoms with Gasteiger partial charge in [0, 0.05) is 11.4 Å². The third kappa shape index (κ3) is 5.79. The zero-order valence-electron chi connectivity index (χ0n) is 14.8. The number of sulfonamides is 1. The molecular weight excluding hydrogens is 338 g/mol. The van der Waals surface area contributed by atoms with Crippen molar-refractivity contribution in [3.05, 3.63) is 53.6 Å². The molecule has 0 aliphatic rings. The molecule has 0 saturated carbocycles. The Balaban J connectivity index is 2.06. The minimum absolute atomic E-state index is 0.171. The summed E-state index contributed by atoms with van der Waals surface area (Å²) in [6.45, 7) is 5.65. The molecule has 25 heavy (non-hydrogen) atoms. The maximum absolute atomic E-state index is 12.4. The van der Waals surface area contributed by atoms with Crippen LogP contribution in [0.3, 0.4) is 0 Å². The minimum atomic E-state index is -3.35. The highest BCUT2D eigenvalue weighted by Gasteiger charge is 2.14. The van der Waals surface area contributed by atoms with Gasteiger partial charge in [-0.2, -0.15) is 0 Å². The first-order valence-electron chi connectivity index (χ1n) is 7.86. The van der Waals surface area contributed by atoms with Crippen LogP contribution in [0.25, 0.3) is 0 Å². The van der Waals surface area contributed by atoms with Gasteiger partial charge in [-0.1, -0.05) is 18.2 Å². The second kappa shape index (κ2) is 7.57. The summed E-state index contributed by atoms with van der Waals surface area (Å²) in [6.07, 6.45) is 1.09. The van der Waals surface area contributed by atoms with Crippen LogP contribution in [0.2, 0.25) is 0 Å². The normalized spacial score (nSPS) is 12.3. The summed E-state index contributed by atoms with van der Waals surface area (Å²) >= 11 is 0. The van der Waals surface area contributed by atoms with Crippen molar-refractivity contribution in [2.24, 2.45) is 0 Å². The number of carbonyl (C=O) groups is 1. The molecule has 134 valence electrons. The number of amides is 1. The first kappa shape index (κ1) is 18.8. The summed E-state index contributed by atoms with van der Waals surface area (Å²) in [7, 11) is -3.35. The molecule has 0 aliphatic heterocycles. The van der Waals surface area contributed by atoms with Crippen LogP contribution in [0.1, 0.15) is 18.1 Å². The SMILES string of the molecule is Cc1ccc(C)c(NC(=O)[C@@H](C)Nc2cccc(NS(C)(=O)=O)c2)c1. The Morgan fingerprint density at radius 2 is 1.72 bits per heavy atom. The maximum Gasteiger partial charge on any atom is 0.246 e. The van der Waals surface area contributed by atoms with Gasteiger partial charge in [0.05, 0.1) is 11.9 Å². The number of hydrogen-bond acceptors (Lipinski definition) is 4. The van der Waals surface area contributed by atoms with E-state index in [9.17, 15) is 13.2 Å². The quantitative estimate of drug-likeness (QED) is 0.738. The second-order valence-corrected chi connectivity index (χ2v) is 7.88. The lowest BCUT2D eigenvalue weighted by molar-refractivity contribution is -0.116. The van der Waals surface area contributed by atoms with Gasteiger partial charge >= 0.3 is 0 Å². The van der Waals surface area contributed by atoms with Gasteiger partial charge in [-0.05, 0) is 56.2 Å². The molecule has 2 aromatic carbocycles. The van der Waals surface area contributed by atoms with Gasteiger partial charge in [-0.3, -0.25) is 9.52 Å². The molecule has 1 atom stereocenters. The summed E-state index contributed by atoms with van der Waals surface area (Å²) < 4.78 is 25.0. The third-order valence-corrected chi connectivity index (χ3v) is 4.20. The van der Waals surface area contributed by atoms with E-state index in [4.69, 9.17) is 0 Å². The van der Waals surface area contributed by atoms with E-state index in [1.54, 1.807) is 31.2 Å². The van der Waals surface area contributed by atoms with Crippen LogP contribution in [0.5, 0.6) is 0 Å². The highest BCUT2D eigenvalue weighted by molar-refractivity contribution is 7.92. The van der Waals surface area contributed by atoms with Crippen molar-refractivity contribution < 1.29 is 13.2 Å². The third-order valence-electron chi connectivity index (χ3n) is 3.59. The van der Waals surface area contributed by atoms with Crippen molar-refractivity contribution in [2.45, 2.75) is 26.8 Å². The summed E-state index contributed by atoms with van der Waals surface area (Å²) in [5.41, 5.74) is 3.93. The molecular formula is C18H23N3O3S.